The number of anilines is 1. The lowest BCUT2D eigenvalue weighted by atomic mass is 10.2. The van der Waals surface area contributed by atoms with Crippen molar-refractivity contribution < 1.29 is 13.2 Å². The van der Waals surface area contributed by atoms with Crippen LogP contribution in [0.4, 0.5) is 18.9 Å². The molecule has 0 saturated heterocycles. The van der Waals surface area contributed by atoms with E-state index in [0.717, 1.165) is 0 Å². The molecule has 0 fully saturated rings. The van der Waals surface area contributed by atoms with Crippen LogP contribution in [0.1, 0.15) is 17.7 Å². The summed E-state index contributed by atoms with van der Waals surface area (Å²) in [6.07, 6.45) is -2.49. The van der Waals surface area contributed by atoms with Gasteiger partial charge in [0, 0.05) is 0 Å². The van der Waals surface area contributed by atoms with Crippen molar-refractivity contribution >= 4 is 5.69 Å². The summed E-state index contributed by atoms with van der Waals surface area (Å²) in [6, 6.07) is 1.48. The molecule has 0 aromatic carbocycles. The van der Waals surface area contributed by atoms with E-state index in [4.69, 9.17) is 11.0 Å². The van der Waals surface area contributed by atoms with E-state index in [1.165, 1.54) is 6.07 Å². The van der Waals surface area contributed by atoms with E-state index >= 15 is 0 Å². The summed E-state index contributed by atoms with van der Waals surface area (Å²) in [5.41, 5.74) is 3.13. The topological polar surface area (TPSA) is 62.7 Å². The number of nitrogen functional groups attached to an aromatic ring is 1. The Bertz CT molecular complexity index is 370. The minimum absolute atomic E-state index is 0.392. The van der Waals surface area contributed by atoms with Crippen molar-refractivity contribution in [1.29, 1.82) is 5.26 Å². The van der Waals surface area contributed by atoms with E-state index in [9.17, 15) is 13.2 Å². The first-order chi connectivity index (χ1) is 6.07. The summed E-state index contributed by atoms with van der Waals surface area (Å²) in [4.78, 5) is 3.24. The molecule has 0 spiro atoms. The van der Waals surface area contributed by atoms with Gasteiger partial charge < -0.3 is 5.73 Å². The molecular weight excluding hydrogens is 183 g/mol. The first-order valence-electron chi connectivity index (χ1n) is 3.20. The van der Waals surface area contributed by atoms with Crippen LogP contribution in [-0.2, 0) is 0 Å². The zero-order valence-electron chi connectivity index (χ0n) is 6.26. The number of pyridine rings is 1. The summed E-state index contributed by atoms with van der Waals surface area (Å²) in [6.45, 7) is 0. The van der Waals surface area contributed by atoms with Crippen molar-refractivity contribution in [2.75, 3.05) is 5.73 Å². The van der Waals surface area contributed by atoms with Gasteiger partial charge in [-0.25, -0.2) is 18.2 Å². The molecule has 0 aliphatic heterocycles. The fraction of sp³-hybridized carbons (Fsp3) is 0.143. The average Bonchev–Trinajstić information content (AvgIpc) is 2.04. The van der Waals surface area contributed by atoms with Crippen LogP contribution in [0.3, 0.4) is 0 Å². The molecule has 0 bridgehead atoms. The maximum atomic E-state index is 12.7. The van der Waals surface area contributed by atoms with E-state index in [2.05, 4.69) is 4.98 Å². The van der Waals surface area contributed by atoms with Crippen molar-refractivity contribution in [1.82, 2.24) is 4.98 Å². The van der Waals surface area contributed by atoms with Crippen LogP contribution in [-0.4, -0.2) is 4.98 Å². The highest BCUT2D eigenvalue weighted by atomic mass is 19.3. The van der Waals surface area contributed by atoms with E-state index in [0.29, 0.717) is 6.20 Å². The number of hydrogen-bond acceptors (Lipinski definition) is 3. The molecule has 3 nitrogen and oxygen atoms in total. The summed E-state index contributed by atoms with van der Waals surface area (Å²) in [5, 5.41) is 8.36. The number of hydrogen-bond donors (Lipinski definition) is 1. The number of rotatable bonds is 1. The highest BCUT2D eigenvalue weighted by Crippen LogP contribution is 2.28. The van der Waals surface area contributed by atoms with Crippen LogP contribution in [0.2, 0.25) is 0 Å². The predicted octanol–water partition coefficient (Wildman–Crippen LogP) is 1.61. The quantitative estimate of drug-likeness (QED) is 0.726. The third-order valence-corrected chi connectivity index (χ3v) is 1.43. The number of halogens is 3. The molecule has 2 N–H and O–H groups in total. The van der Waals surface area contributed by atoms with Crippen LogP contribution < -0.4 is 5.73 Å². The molecule has 0 saturated carbocycles. The van der Waals surface area contributed by atoms with Crippen LogP contribution in [0, 0.1) is 17.1 Å². The van der Waals surface area contributed by atoms with Crippen molar-refractivity contribution in [3.63, 3.8) is 0 Å². The Hall–Kier alpha value is -1.77. The van der Waals surface area contributed by atoms with E-state index in [-0.39, 0.29) is 0 Å². The van der Waals surface area contributed by atoms with Crippen molar-refractivity contribution in [2.24, 2.45) is 0 Å². The molecule has 0 aliphatic carbocycles. The van der Waals surface area contributed by atoms with Crippen molar-refractivity contribution in [2.45, 2.75) is 6.43 Å². The molecular formula is C7H4F3N3. The monoisotopic (exact) mass is 187 g/mol. The standard InChI is InChI=1S/C7H4F3N3/c8-3-2-13-4(1-11)6(12)5(3)7(9)10/h2,7H,12H2. The molecule has 68 valence electrons. The predicted molar refractivity (Wildman–Crippen MR) is 38.3 cm³/mol. The Balaban J connectivity index is 3.41. The van der Waals surface area contributed by atoms with Crippen LogP contribution >= 0.6 is 0 Å². The SMILES string of the molecule is N#Cc1ncc(F)c(C(F)F)c1N. The first-order valence-corrected chi connectivity index (χ1v) is 3.20. The normalized spacial score (nSPS) is 10.1. The van der Waals surface area contributed by atoms with Gasteiger partial charge in [0.25, 0.3) is 6.43 Å². The average molecular weight is 187 g/mol. The maximum absolute atomic E-state index is 12.7. The molecule has 1 heterocycles. The Kier molecular flexibility index (Phi) is 2.37. The van der Waals surface area contributed by atoms with Gasteiger partial charge >= 0.3 is 0 Å². The molecule has 13 heavy (non-hydrogen) atoms. The number of nitrogens with zero attached hydrogens (tertiary/aromatic N) is 2. The Morgan fingerprint density at radius 2 is 2.15 bits per heavy atom. The number of aromatic nitrogens is 1. The van der Waals surface area contributed by atoms with Gasteiger partial charge in [0.05, 0.1) is 17.4 Å². The van der Waals surface area contributed by atoms with Gasteiger partial charge in [0.1, 0.15) is 6.07 Å². The van der Waals surface area contributed by atoms with Crippen molar-refractivity contribution in [3.8, 4) is 6.07 Å². The molecule has 0 atom stereocenters. The zero-order chi connectivity index (χ0) is 10.0. The second-order valence-electron chi connectivity index (χ2n) is 2.19. The fourth-order valence-electron chi connectivity index (χ4n) is 0.827. The van der Waals surface area contributed by atoms with Crippen molar-refractivity contribution in [3.05, 3.63) is 23.3 Å². The molecule has 0 radical (unpaired) electrons. The third-order valence-electron chi connectivity index (χ3n) is 1.43. The molecule has 1 rings (SSSR count). The molecule has 0 unspecified atom stereocenters. The Morgan fingerprint density at radius 1 is 1.54 bits per heavy atom. The number of nitriles is 1. The molecule has 0 aliphatic rings. The minimum Gasteiger partial charge on any atom is -0.396 e. The van der Waals surface area contributed by atoms with Gasteiger partial charge in [-0.15, -0.1) is 0 Å². The smallest absolute Gasteiger partial charge is 0.268 e. The van der Waals surface area contributed by atoms with Gasteiger partial charge in [0.2, 0.25) is 0 Å². The summed E-state index contributed by atoms with van der Waals surface area (Å²) in [5.74, 6) is -1.20. The minimum atomic E-state index is -3.05. The lowest BCUT2D eigenvalue weighted by molar-refractivity contribution is 0.147. The third kappa shape index (κ3) is 1.54. The highest BCUT2D eigenvalue weighted by molar-refractivity contribution is 5.56. The lowest BCUT2D eigenvalue weighted by Gasteiger charge is -2.05. The maximum Gasteiger partial charge on any atom is 0.268 e. The first kappa shape index (κ1) is 9.32. The highest BCUT2D eigenvalue weighted by Gasteiger charge is 2.20. The second kappa shape index (κ2) is 3.31. The summed E-state index contributed by atoms with van der Waals surface area (Å²) < 4.78 is 37.0. The van der Waals surface area contributed by atoms with Gasteiger partial charge in [-0.1, -0.05) is 0 Å². The summed E-state index contributed by atoms with van der Waals surface area (Å²) in [7, 11) is 0. The van der Waals surface area contributed by atoms with Crippen LogP contribution in [0.5, 0.6) is 0 Å². The number of alkyl halides is 2. The van der Waals surface area contributed by atoms with Gasteiger partial charge in [-0.05, 0) is 0 Å². The van der Waals surface area contributed by atoms with Gasteiger partial charge in [-0.2, -0.15) is 5.26 Å². The largest absolute Gasteiger partial charge is 0.396 e. The van der Waals surface area contributed by atoms with Crippen LogP contribution in [0.25, 0.3) is 0 Å². The van der Waals surface area contributed by atoms with Gasteiger partial charge in [0.15, 0.2) is 11.5 Å². The van der Waals surface area contributed by atoms with E-state index in [1.54, 1.807) is 0 Å². The van der Waals surface area contributed by atoms with E-state index < -0.39 is 29.2 Å². The molecule has 6 heteroatoms. The lowest BCUT2D eigenvalue weighted by Crippen LogP contribution is -2.03. The fourth-order valence-corrected chi connectivity index (χ4v) is 0.827. The van der Waals surface area contributed by atoms with E-state index in [1.807, 2.05) is 0 Å². The molecule has 1 aromatic heterocycles. The van der Waals surface area contributed by atoms with Crippen LogP contribution in [0.15, 0.2) is 6.20 Å². The molecule has 1 aromatic rings. The second-order valence-corrected chi connectivity index (χ2v) is 2.19. The Morgan fingerprint density at radius 3 is 2.62 bits per heavy atom. The van der Waals surface area contributed by atoms with Gasteiger partial charge in [-0.3, -0.25) is 0 Å². The Labute approximate surface area is 71.6 Å². The number of nitrogens with two attached hydrogens (primary N) is 1. The zero-order valence-corrected chi connectivity index (χ0v) is 6.26. The summed E-state index contributed by atoms with van der Waals surface area (Å²) >= 11 is 0. The molecule has 0 amide bonds.